The van der Waals surface area contributed by atoms with Gasteiger partial charge in [-0.05, 0) is 32.1 Å². The Balaban J connectivity index is 2.59. The van der Waals surface area contributed by atoms with Crippen LogP contribution < -0.4 is 0 Å². The highest BCUT2D eigenvalue weighted by Crippen LogP contribution is 2.31. The van der Waals surface area contributed by atoms with Crippen LogP contribution in [0.3, 0.4) is 0 Å². The first kappa shape index (κ1) is 15.1. The number of carbonyl (C=O) groups is 1. The van der Waals surface area contributed by atoms with E-state index < -0.39 is 5.97 Å². The predicted molar refractivity (Wildman–Crippen MR) is 71.3 cm³/mol. The average Bonchev–Trinajstić information content (AvgIpc) is 2.24. The minimum absolute atomic E-state index is 0.0196. The molecule has 0 fully saturated rings. The maximum atomic E-state index is 10.4. The molecule has 0 bridgehead atoms. The molecule has 0 saturated carbocycles. The molecule has 0 aliphatic rings. The van der Waals surface area contributed by atoms with Crippen molar-refractivity contribution in [2.75, 3.05) is 13.6 Å². The molecule has 0 aliphatic carbocycles. The Morgan fingerprint density at radius 1 is 1.39 bits per heavy atom. The Kier molecular flexibility index (Phi) is 5.72. The van der Waals surface area contributed by atoms with Gasteiger partial charge in [0.1, 0.15) is 5.75 Å². The monoisotopic (exact) mass is 291 g/mol. The van der Waals surface area contributed by atoms with Crippen LogP contribution in [-0.4, -0.2) is 34.7 Å². The van der Waals surface area contributed by atoms with E-state index in [1.54, 1.807) is 6.07 Å². The number of benzene rings is 1. The van der Waals surface area contributed by atoms with E-state index in [4.69, 9.17) is 28.3 Å². The third-order valence-electron chi connectivity index (χ3n) is 2.48. The van der Waals surface area contributed by atoms with Gasteiger partial charge in [0.05, 0.1) is 5.02 Å². The van der Waals surface area contributed by atoms with Gasteiger partial charge in [0.25, 0.3) is 0 Å². The fourth-order valence-electron chi connectivity index (χ4n) is 1.61. The molecule has 0 spiro atoms. The zero-order valence-electron chi connectivity index (χ0n) is 9.99. The van der Waals surface area contributed by atoms with Gasteiger partial charge in [-0.25, -0.2) is 0 Å². The molecule has 1 aromatic carbocycles. The van der Waals surface area contributed by atoms with Crippen molar-refractivity contribution in [3.05, 3.63) is 27.7 Å². The second-order valence-corrected chi connectivity index (χ2v) is 4.97. The number of aromatic hydroxyl groups is 1. The van der Waals surface area contributed by atoms with Crippen molar-refractivity contribution < 1.29 is 15.0 Å². The molecule has 0 saturated heterocycles. The maximum absolute atomic E-state index is 10.4. The van der Waals surface area contributed by atoms with Crippen LogP contribution in [0.4, 0.5) is 0 Å². The van der Waals surface area contributed by atoms with E-state index in [0.29, 0.717) is 30.1 Å². The van der Waals surface area contributed by atoms with Gasteiger partial charge in [-0.1, -0.05) is 23.2 Å². The first-order valence-corrected chi connectivity index (χ1v) is 6.23. The van der Waals surface area contributed by atoms with Crippen LogP contribution in [-0.2, 0) is 11.3 Å². The van der Waals surface area contributed by atoms with Gasteiger partial charge in [0.2, 0.25) is 0 Å². The Hall–Kier alpha value is -0.970. The smallest absolute Gasteiger partial charge is 0.303 e. The van der Waals surface area contributed by atoms with Crippen molar-refractivity contribution in [2.45, 2.75) is 19.4 Å². The molecule has 0 aliphatic heterocycles. The lowest BCUT2D eigenvalue weighted by atomic mass is 10.2. The quantitative estimate of drug-likeness (QED) is 0.846. The molecule has 6 heteroatoms. The van der Waals surface area contributed by atoms with Gasteiger partial charge in [0.15, 0.2) is 0 Å². The number of hydrogen-bond acceptors (Lipinski definition) is 3. The molecule has 0 heterocycles. The normalized spacial score (nSPS) is 10.9. The van der Waals surface area contributed by atoms with Crippen molar-refractivity contribution >= 4 is 29.2 Å². The molecule has 100 valence electrons. The molecule has 18 heavy (non-hydrogen) atoms. The molecule has 0 unspecified atom stereocenters. The fraction of sp³-hybridized carbons (Fsp3) is 0.417. The summed E-state index contributed by atoms with van der Waals surface area (Å²) in [5.41, 5.74) is 0.630. The number of carboxylic acid groups (broad SMARTS) is 1. The van der Waals surface area contributed by atoms with Crippen LogP contribution >= 0.6 is 23.2 Å². The Morgan fingerprint density at radius 2 is 2.06 bits per heavy atom. The third kappa shape index (κ3) is 4.72. The second kappa shape index (κ2) is 6.83. The largest absolute Gasteiger partial charge is 0.506 e. The van der Waals surface area contributed by atoms with Gasteiger partial charge in [0, 0.05) is 23.6 Å². The Labute approximate surface area is 116 Å². The molecular weight excluding hydrogens is 277 g/mol. The number of phenols is 1. The summed E-state index contributed by atoms with van der Waals surface area (Å²) in [6, 6.07) is 3.13. The second-order valence-electron chi connectivity index (χ2n) is 4.13. The number of phenolic OH excluding ortho intramolecular Hbond substituents is 1. The maximum Gasteiger partial charge on any atom is 0.303 e. The van der Waals surface area contributed by atoms with E-state index in [1.165, 1.54) is 6.07 Å². The van der Waals surface area contributed by atoms with Crippen molar-refractivity contribution in [1.82, 2.24) is 4.90 Å². The number of halogens is 2. The molecule has 0 radical (unpaired) electrons. The van der Waals surface area contributed by atoms with E-state index in [1.807, 2.05) is 11.9 Å². The summed E-state index contributed by atoms with van der Waals surface area (Å²) in [5, 5.41) is 19.0. The summed E-state index contributed by atoms with van der Waals surface area (Å²) in [7, 11) is 1.84. The lowest BCUT2D eigenvalue weighted by Crippen LogP contribution is -2.20. The highest BCUT2D eigenvalue weighted by atomic mass is 35.5. The first-order valence-electron chi connectivity index (χ1n) is 5.47. The van der Waals surface area contributed by atoms with Crippen molar-refractivity contribution in [1.29, 1.82) is 0 Å². The lowest BCUT2D eigenvalue weighted by molar-refractivity contribution is -0.137. The van der Waals surface area contributed by atoms with Gasteiger partial charge in [-0.3, -0.25) is 4.79 Å². The lowest BCUT2D eigenvalue weighted by Gasteiger charge is -2.17. The van der Waals surface area contributed by atoms with Gasteiger partial charge in [-0.15, -0.1) is 0 Å². The minimum Gasteiger partial charge on any atom is -0.506 e. The zero-order valence-corrected chi connectivity index (χ0v) is 11.5. The summed E-state index contributed by atoms with van der Waals surface area (Å²) in [5.74, 6) is -0.789. The first-order chi connectivity index (χ1) is 8.40. The predicted octanol–water partition coefficient (Wildman–Crippen LogP) is 3.00. The number of aliphatic carboxylic acids is 1. The molecular formula is C12H15Cl2NO3. The molecule has 0 amide bonds. The number of hydrogen-bond donors (Lipinski definition) is 2. The minimum atomic E-state index is -0.808. The van der Waals surface area contributed by atoms with Crippen LogP contribution in [0.1, 0.15) is 18.4 Å². The SMILES string of the molecule is CN(CCCC(=O)O)Cc1cc(Cl)cc(Cl)c1O. The number of rotatable bonds is 6. The highest BCUT2D eigenvalue weighted by Gasteiger charge is 2.10. The van der Waals surface area contributed by atoms with Crippen LogP contribution in [0.5, 0.6) is 5.75 Å². The average molecular weight is 292 g/mol. The zero-order chi connectivity index (χ0) is 13.7. The Morgan fingerprint density at radius 3 is 2.67 bits per heavy atom. The fourth-order valence-corrected chi connectivity index (χ4v) is 2.15. The number of carboxylic acids is 1. The highest BCUT2D eigenvalue weighted by molar-refractivity contribution is 6.35. The third-order valence-corrected chi connectivity index (χ3v) is 2.98. The summed E-state index contributed by atoms with van der Waals surface area (Å²) in [4.78, 5) is 12.3. The van der Waals surface area contributed by atoms with Crippen LogP contribution in [0.25, 0.3) is 0 Å². The molecule has 1 aromatic rings. The topological polar surface area (TPSA) is 60.8 Å². The van der Waals surface area contributed by atoms with Crippen molar-refractivity contribution in [3.8, 4) is 5.75 Å². The summed E-state index contributed by atoms with van der Waals surface area (Å²) in [6.07, 6.45) is 0.688. The van der Waals surface area contributed by atoms with Crippen LogP contribution in [0.15, 0.2) is 12.1 Å². The standard InChI is InChI=1S/C12H15Cl2NO3/c1-15(4-2-3-11(16)17)7-8-5-9(13)6-10(14)12(8)18/h5-6,18H,2-4,7H2,1H3,(H,16,17). The van der Waals surface area contributed by atoms with Gasteiger partial charge in [-0.2, -0.15) is 0 Å². The Bertz CT molecular complexity index is 438. The van der Waals surface area contributed by atoms with E-state index in [0.717, 1.165) is 0 Å². The van der Waals surface area contributed by atoms with Gasteiger partial charge >= 0.3 is 5.97 Å². The molecule has 0 aromatic heterocycles. The van der Waals surface area contributed by atoms with Crippen LogP contribution in [0.2, 0.25) is 10.0 Å². The van der Waals surface area contributed by atoms with Crippen molar-refractivity contribution in [3.63, 3.8) is 0 Å². The molecule has 4 nitrogen and oxygen atoms in total. The summed E-state index contributed by atoms with van der Waals surface area (Å²) < 4.78 is 0. The number of nitrogens with zero attached hydrogens (tertiary/aromatic N) is 1. The van der Waals surface area contributed by atoms with Crippen molar-refractivity contribution in [2.24, 2.45) is 0 Å². The molecule has 2 N–H and O–H groups in total. The van der Waals surface area contributed by atoms with Crippen LogP contribution in [0, 0.1) is 0 Å². The summed E-state index contributed by atoms with van der Waals surface area (Å²) >= 11 is 11.7. The molecule has 1 rings (SSSR count). The van der Waals surface area contributed by atoms with E-state index in [-0.39, 0.29) is 17.2 Å². The van der Waals surface area contributed by atoms with E-state index in [2.05, 4.69) is 0 Å². The van der Waals surface area contributed by atoms with Gasteiger partial charge < -0.3 is 15.1 Å². The molecule has 0 atom stereocenters. The van der Waals surface area contributed by atoms with E-state index in [9.17, 15) is 9.90 Å². The summed E-state index contributed by atoms with van der Waals surface area (Å²) in [6.45, 7) is 1.08. The van der Waals surface area contributed by atoms with E-state index >= 15 is 0 Å².